The summed E-state index contributed by atoms with van der Waals surface area (Å²) in [6.07, 6.45) is 0.496. The molecule has 0 aliphatic carbocycles. The molecule has 2 amide bonds. The van der Waals surface area contributed by atoms with Crippen molar-refractivity contribution in [3.05, 3.63) is 54.1 Å². The molecule has 0 aromatic heterocycles. The van der Waals surface area contributed by atoms with E-state index in [0.717, 1.165) is 11.3 Å². The number of nitrogens with zero attached hydrogens (tertiary/aromatic N) is 1. The summed E-state index contributed by atoms with van der Waals surface area (Å²) in [6.45, 7) is -0.178. The number of nitrogens with one attached hydrogen (secondary N) is 1. The molecule has 0 spiro atoms. The van der Waals surface area contributed by atoms with Gasteiger partial charge in [-0.25, -0.2) is 0 Å². The van der Waals surface area contributed by atoms with Crippen molar-refractivity contribution >= 4 is 17.5 Å². The molecule has 1 aliphatic rings. The fraction of sp³-hybridized carbons (Fsp3) is 0.263. The van der Waals surface area contributed by atoms with E-state index < -0.39 is 6.04 Å². The average Bonchev–Trinajstić information content (AvgIpc) is 3.05. The number of amides is 2. The molecule has 2 aromatic rings. The van der Waals surface area contributed by atoms with Gasteiger partial charge in [-0.05, 0) is 23.8 Å². The Kier molecular flexibility index (Phi) is 4.88. The van der Waals surface area contributed by atoms with Crippen LogP contribution < -0.4 is 19.7 Å². The predicted octanol–water partition coefficient (Wildman–Crippen LogP) is 1.78. The number of methoxy groups -OCH3 is 1. The van der Waals surface area contributed by atoms with Gasteiger partial charge in [-0.3, -0.25) is 14.5 Å². The minimum Gasteiger partial charge on any atom is -0.493 e. The van der Waals surface area contributed by atoms with Crippen LogP contribution in [0.1, 0.15) is 5.56 Å². The van der Waals surface area contributed by atoms with Crippen LogP contribution in [0.2, 0.25) is 0 Å². The Morgan fingerprint density at radius 1 is 1.12 bits per heavy atom. The van der Waals surface area contributed by atoms with Gasteiger partial charge in [0.1, 0.15) is 6.04 Å². The van der Waals surface area contributed by atoms with E-state index in [0.29, 0.717) is 17.9 Å². The molecule has 6 nitrogen and oxygen atoms in total. The van der Waals surface area contributed by atoms with Gasteiger partial charge in [0.05, 0.1) is 7.11 Å². The van der Waals surface area contributed by atoms with Crippen molar-refractivity contribution < 1.29 is 19.1 Å². The van der Waals surface area contributed by atoms with Crippen molar-refractivity contribution in [1.29, 1.82) is 0 Å². The number of rotatable bonds is 5. The van der Waals surface area contributed by atoms with Gasteiger partial charge >= 0.3 is 0 Å². The van der Waals surface area contributed by atoms with E-state index >= 15 is 0 Å². The number of para-hydroxylation sites is 3. The molecule has 1 N–H and O–H groups in total. The lowest BCUT2D eigenvalue weighted by molar-refractivity contribution is -0.126. The first-order valence-corrected chi connectivity index (χ1v) is 8.03. The van der Waals surface area contributed by atoms with E-state index in [9.17, 15) is 9.59 Å². The fourth-order valence-corrected chi connectivity index (χ4v) is 3.02. The van der Waals surface area contributed by atoms with Crippen LogP contribution in [-0.4, -0.2) is 38.6 Å². The van der Waals surface area contributed by atoms with Crippen LogP contribution in [-0.2, 0) is 16.0 Å². The molecule has 6 heteroatoms. The summed E-state index contributed by atoms with van der Waals surface area (Å²) in [4.78, 5) is 26.5. The number of ether oxygens (including phenoxy) is 2. The van der Waals surface area contributed by atoms with E-state index in [1.807, 2.05) is 30.3 Å². The molecule has 1 heterocycles. The summed E-state index contributed by atoms with van der Waals surface area (Å²) in [5.41, 5.74) is 1.73. The molecule has 25 heavy (non-hydrogen) atoms. The van der Waals surface area contributed by atoms with Gasteiger partial charge in [0.25, 0.3) is 5.91 Å². The molecule has 0 radical (unpaired) electrons. The van der Waals surface area contributed by atoms with Gasteiger partial charge in [0.15, 0.2) is 18.1 Å². The summed E-state index contributed by atoms with van der Waals surface area (Å²) in [6, 6.07) is 14.1. The highest BCUT2D eigenvalue weighted by atomic mass is 16.5. The van der Waals surface area contributed by atoms with E-state index in [2.05, 4.69) is 5.32 Å². The van der Waals surface area contributed by atoms with Crippen LogP contribution in [0.5, 0.6) is 11.5 Å². The van der Waals surface area contributed by atoms with Crippen molar-refractivity contribution in [2.75, 3.05) is 25.7 Å². The maximum atomic E-state index is 12.8. The molecule has 1 aliphatic heterocycles. The second-order valence-electron chi connectivity index (χ2n) is 5.67. The Labute approximate surface area is 146 Å². The second kappa shape index (κ2) is 7.25. The van der Waals surface area contributed by atoms with Crippen LogP contribution in [0.25, 0.3) is 0 Å². The van der Waals surface area contributed by atoms with Gasteiger partial charge in [-0.2, -0.15) is 0 Å². The summed E-state index contributed by atoms with van der Waals surface area (Å²) >= 11 is 0. The predicted molar refractivity (Wildman–Crippen MR) is 94.0 cm³/mol. The highest BCUT2D eigenvalue weighted by molar-refractivity contribution is 6.04. The van der Waals surface area contributed by atoms with Crippen molar-refractivity contribution in [2.45, 2.75) is 12.5 Å². The summed E-state index contributed by atoms with van der Waals surface area (Å²) in [5.74, 6) is 0.577. The molecule has 1 unspecified atom stereocenters. The number of fused-ring (bicyclic) bond motifs is 1. The van der Waals surface area contributed by atoms with E-state index in [-0.39, 0.29) is 18.4 Å². The lowest BCUT2D eigenvalue weighted by atomic mass is 10.1. The molecule has 2 aromatic carbocycles. The third kappa shape index (κ3) is 3.28. The Balaban J connectivity index is 1.80. The lowest BCUT2D eigenvalue weighted by Gasteiger charge is -2.24. The minimum absolute atomic E-state index is 0.178. The third-order valence-corrected chi connectivity index (χ3v) is 4.21. The van der Waals surface area contributed by atoms with Gasteiger partial charge in [-0.1, -0.05) is 30.3 Å². The Morgan fingerprint density at radius 3 is 2.52 bits per heavy atom. The Bertz CT molecular complexity index is 790. The van der Waals surface area contributed by atoms with E-state index in [4.69, 9.17) is 9.47 Å². The zero-order valence-electron chi connectivity index (χ0n) is 14.2. The fourth-order valence-electron chi connectivity index (χ4n) is 3.02. The normalized spacial score (nSPS) is 15.4. The van der Waals surface area contributed by atoms with Gasteiger partial charge in [0.2, 0.25) is 5.91 Å². The third-order valence-electron chi connectivity index (χ3n) is 4.21. The monoisotopic (exact) mass is 340 g/mol. The number of carbonyl (C=O) groups is 2. The molecule has 0 saturated carbocycles. The largest absolute Gasteiger partial charge is 0.493 e. The van der Waals surface area contributed by atoms with Crippen molar-refractivity contribution in [3.63, 3.8) is 0 Å². The lowest BCUT2D eigenvalue weighted by Crippen LogP contribution is -2.48. The Morgan fingerprint density at radius 2 is 1.80 bits per heavy atom. The van der Waals surface area contributed by atoms with E-state index in [1.165, 1.54) is 4.90 Å². The molecule has 0 fully saturated rings. The number of benzene rings is 2. The standard InChI is InChI=1S/C19H20N2O4/c1-20-19(23)15-11-13-7-3-4-8-14(13)21(15)18(22)12-25-17-10-6-5-9-16(17)24-2/h3-10,15H,11-12H2,1-2H3,(H,20,23). The first-order valence-electron chi connectivity index (χ1n) is 8.03. The van der Waals surface area contributed by atoms with Gasteiger partial charge in [0, 0.05) is 19.2 Å². The zero-order chi connectivity index (χ0) is 17.8. The average molecular weight is 340 g/mol. The van der Waals surface area contributed by atoms with E-state index in [1.54, 1.807) is 32.4 Å². The number of likely N-dealkylation sites (N-methyl/N-ethyl adjacent to an activating group) is 1. The number of carbonyl (C=O) groups excluding carboxylic acids is 2. The molecular formula is C19H20N2O4. The Hall–Kier alpha value is -3.02. The highest BCUT2D eigenvalue weighted by Crippen LogP contribution is 2.32. The van der Waals surface area contributed by atoms with Crippen molar-refractivity contribution in [2.24, 2.45) is 0 Å². The molecule has 0 saturated heterocycles. The smallest absolute Gasteiger partial charge is 0.265 e. The number of hydrogen-bond acceptors (Lipinski definition) is 4. The molecule has 130 valence electrons. The molecule has 0 bridgehead atoms. The van der Waals surface area contributed by atoms with Gasteiger partial charge in [-0.15, -0.1) is 0 Å². The maximum absolute atomic E-state index is 12.8. The summed E-state index contributed by atoms with van der Waals surface area (Å²) in [5, 5.41) is 2.63. The van der Waals surface area contributed by atoms with Gasteiger partial charge < -0.3 is 14.8 Å². The minimum atomic E-state index is -0.559. The molecule has 3 rings (SSSR count). The van der Waals surface area contributed by atoms with Crippen LogP contribution in [0.4, 0.5) is 5.69 Å². The maximum Gasteiger partial charge on any atom is 0.265 e. The van der Waals surface area contributed by atoms with Crippen LogP contribution in [0, 0.1) is 0 Å². The second-order valence-corrected chi connectivity index (χ2v) is 5.67. The zero-order valence-corrected chi connectivity index (χ0v) is 14.2. The van der Waals surface area contributed by atoms with Crippen LogP contribution >= 0.6 is 0 Å². The topological polar surface area (TPSA) is 67.9 Å². The first-order chi connectivity index (χ1) is 12.2. The van der Waals surface area contributed by atoms with Crippen LogP contribution in [0.3, 0.4) is 0 Å². The molecular weight excluding hydrogens is 320 g/mol. The van der Waals surface area contributed by atoms with Crippen LogP contribution in [0.15, 0.2) is 48.5 Å². The number of anilines is 1. The van der Waals surface area contributed by atoms with Crippen molar-refractivity contribution in [1.82, 2.24) is 5.32 Å². The molecule has 1 atom stereocenters. The highest BCUT2D eigenvalue weighted by Gasteiger charge is 2.37. The SMILES string of the molecule is CNC(=O)C1Cc2ccccc2N1C(=O)COc1ccccc1OC. The summed E-state index contributed by atoms with van der Waals surface area (Å²) < 4.78 is 10.9. The number of hydrogen-bond donors (Lipinski definition) is 1. The summed E-state index contributed by atoms with van der Waals surface area (Å²) in [7, 11) is 3.11. The first kappa shape index (κ1) is 16.8. The van der Waals surface area contributed by atoms with Crippen molar-refractivity contribution in [3.8, 4) is 11.5 Å². The quantitative estimate of drug-likeness (QED) is 0.901.